The molecule has 2 fully saturated rings. The maximum absolute atomic E-state index is 5.51. The molecule has 0 amide bonds. The average molecular weight is 537 g/mol. The Hall–Kier alpha value is -0.550. The molecule has 1 aromatic heterocycles. The second-order valence-corrected chi connectivity index (χ2v) is 8.63. The van der Waals surface area contributed by atoms with Crippen LogP contribution < -0.4 is 5.32 Å². The van der Waals surface area contributed by atoms with Crippen molar-refractivity contribution < 1.29 is 4.74 Å². The number of ether oxygens (including phenoxy) is 1. The molecule has 1 unspecified atom stereocenters. The van der Waals surface area contributed by atoms with Gasteiger partial charge in [0.05, 0.1) is 6.61 Å². The number of nitrogens with one attached hydrogen (secondary N) is 1. The van der Waals surface area contributed by atoms with Crippen molar-refractivity contribution in [1.82, 2.24) is 25.0 Å². The van der Waals surface area contributed by atoms with E-state index in [2.05, 4.69) is 45.2 Å². The number of halogens is 1. The Morgan fingerprint density at radius 3 is 2.76 bits per heavy atom. The van der Waals surface area contributed by atoms with Crippen LogP contribution in [0.25, 0.3) is 0 Å². The summed E-state index contributed by atoms with van der Waals surface area (Å²) in [5.41, 5.74) is 0. The molecule has 0 bridgehead atoms. The summed E-state index contributed by atoms with van der Waals surface area (Å²) in [6.07, 6.45) is 10.3. The van der Waals surface area contributed by atoms with Crippen molar-refractivity contribution in [1.29, 1.82) is 0 Å². The zero-order valence-corrected chi connectivity index (χ0v) is 21.2. The summed E-state index contributed by atoms with van der Waals surface area (Å²) in [5, 5.41) is 13.4. The van der Waals surface area contributed by atoms with Crippen LogP contribution in [0.5, 0.6) is 0 Å². The minimum absolute atomic E-state index is 0. The lowest BCUT2D eigenvalue weighted by Gasteiger charge is -2.24. The molecule has 1 aromatic rings. The van der Waals surface area contributed by atoms with Crippen LogP contribution in [0, 0.1) is 5.92 Å². The minimum Gasteiger partial charge on any atom is -0.381 e. The van der Waals surface area contributed by atoms with Crippen LogP contribution in [0.2, 0.25) is 0 Å². The quantitative estimate of drug-likeness (QED) is 0.171. The highest BCUT2D eigenvalue weighted by Crippen LogP contribution is 2.33. The maximum Gasteiger partial charge on any atom is 0.193 e. The molecule has 0 spiro atoms. The van der Waals surface area contributed by atoms with Gasteiger partial charge in [0.1, 0.15) is 5.82 Å². The van der Waals surface area contributed by atoms with E-state index in [4.69, 9.17) is 9.73 Å². The lowest BCUT2D eigenvalue weighted by Crippen LogP contribution is -2.41. The number of hydrogen-bond acceptors (Lipinski definition) is 5. The Labute approximate surface area is 196 Å². The maximum atomic E-state index is 5.51. The summed E-state index contributed by atoms with van der Waals surface area (Å²) >= 11 is 1.71. The molecule has 166 valence electrons. The van der Waals surface area contributed by atoms with Gasteiger partial charge in [-0.25, -0.2) is 0 Å². The normalized spacial score (nSPS) is 20.1. The highest BCUT2D eigenvalue weighted by Gasteiger charge is 2.23. The first-order chi connectivity index (χ1) is 13.7. The second kappa shape index (κ2) is 13.0. The summed E-state index contributed by atoms with van der Waals surface area (Å²) in [6.45, 7) is 6.58. The van der Waals surface area contributed by atoms with Crippen molar-refractivity contribution in [3.05, 3.63) is 5.82 Å². The fourth-order valence-corrected chi connectivity index (χ4v) is 4.81. The van der Waals surface area contributed by atoms with Crippen LogP contribution in [0.4, 0.5) is 0 Å². The third-order valence-electron chi connectivity index (χ3n) is 5.68. The fraction of sp³-hybridized carbons (Fsp3) is 0.850. The Morgan fingerprint density at radius 1 is 1.31 bits per heavy atom. The number of nitrogens with zero attached hydrogens (tertiary/aromatic N) is 5. The van der Waals surface area contributed by atoms with Crippen molar-refractivity contribution >= 4 is 41.7 Å². The van der Waals surface area contributed by atoms with E-state index in [0.29, 0.717) is 12.0 Å². The van der Waals surface area contributed by atoms with Crippen LogP contribution in [-0.2, 0) is 11.2 Å². The van der Waals surface area contributed by atoms with Crippen LogP contribution in [-0.4, -0.2) is 71.8 Å². The summed E-state index contributed by atoms with van der Waals surface area (Å²) < 4.78 is 7.91. The number of thioether (sulfide) groups is 1. The van der Waals surface area contributed by atoms with Gasteiger partial charge >= 0.3 is 0 Å². The monoisotopic (exact) mass is 536 g/mol. The van der Waals surface area contributed by atoms with Crippen LogP contribution in [0.1, 0.15) is 57.3 Å². The van der Waals surface area contributed by atoms with E-state index in [9.17, 15) is 0 Å². The van der Waals surface area contributed by atoms with E-state index in [1.807, 2.05) is 0 Å². The second-order valence-electron chi connectivity index (χ2n) is 7.86. The van der Waals surface area contributed by atoms with Crippen molar-refractivity contribution in [2.75, 3.05) is 46.2 Å². The van der Waals surface area contributed by atoms with Crippen molar-refractivity contribution in [2.45, 2.75) is 63.1 Å². The van der Waals surface area contributed by atoms with Gasteiger partial charge in [-0.05, 0) is 38.9 Å². The van der Waals surface area contributed by atoms with Gasteiger partial charge < -0.3 is 19.5 Å². The van der Waals surface area contributed by atoms with E-state index in [0.717, 1.165) is 69.1 Å². The van der Waals surface area contributed by atoms with Gasteiger partial charge in [-0.3, -0.25) is 4.99 Å². The van der Waals surface area contributed by atoms with Crippen molar-refractivity contribution in [3.63, 3.8) is 0 Å². The first kappa shape index (κ1) is 24.7. The topological polar surface area (TPSA) is 67.6 Å². The van der Waals surface area contributed by atoms with Crippen molar-refractivity contribution in [3.8, 4) is 0 Å². The summed E-state index contributed by atoms with van der Waals surface area (Å²) in [4.78, 5) is 7.10. The lowest BCUT2D eigenvalue weighted by atomic mass is 10.1. The molecule has 1 saturated carbocycles. The first-order valence-electron chi connectivity index (χ1n) is 10.8. The third kappa shape index (κ3) is 6.99. The van der Waals surface area contributed by atoms with E-state index < -0.39 is 0 Å². The molecule has 29 heavy (non-hydrogen) atoms. The smallest absolute Gasteiger partial charge is 0.193 e. The van der Waals surface area contributed by atoms with Gasteiger partial charge in [0.15, 0.2) is 11.1 Å². The summed E-state index contributed by atoms with van der Waals surface area (Å²) in [7, 11) is 2.13. The van der Waals surface area contributed by atoms with E-state index >= 15 is 0 Å². The molecular weight excluding hydrogens is 499 g/mol. The molecule has 3 rings (SSSR count). The summed E-state index contributed by atoms with van der Waals surface area (Å²) in [5.74, 6) is 2.74. The number of guanidine groups is 1. The molecule has 2 aliphatic rings. The van der Waals surface area contributed by atoms with Gasteiger partial charge in [0.25, 0.3) is 0 Å². The zero-order chi connectivity index (χ0) is 19.8. The van der Waals surface area contributed by atoms with Crippen LogP contribution >= 0.6 is 35.7 Å². The standard InChI is InChI=1S/C20H36N6OS.HI/c1-4-21-19(25(2)14-16-11-13-27-15-16)22-12-7-10-18-23-24-20(28-3)26(18)17-8-5-6-9-17;/h16-17H,4-15H2,1-3H3,(H,21,22);1H. The highest BCUT2D eigenvalue weighted by atomic mass is 127. The van der Waals surface area contributed by atoms with Crippen LogP contribution in [0.3, 0.4) is 0 Å². The summed E-state index contributed by atoms with van der Waals surface area (Å²) in [6, 6.07) is 0.591. The lowest BCUT2D eigenvalue weighted by molar-refractivity contribution is 0.181. The number of hydrogen-bond donors (Lipinski definition) is 1. The van der Waals surface area contributed by atoms with Gasteiger partial charge in [-0.15, -0.1) is 34.2 Å². The predicted octanol–water partition coefficient (Wildman–Crippen LogP) is 3.60. The SMILES string of the molecule is CCNC(=NCCCc1nnc(SC)n1C1CCCC1)N(C)CC1CCOC1.I. The van der Waals surface area contributed by atoms with E-state index in [1.165, 1.54) is 25.7 Å². The predicted molar refractivity (Wildman–Crippen MR) is 131 cm³/mol. The third-order valence-corrected chi connectivity index (χ3v) is 6.32. The molecule has 0 aromatic carbocycles. The number of aryl methyl sites for hydroxylation is 1. The van der Waals surface area contributed by atoms with E-state index in [-0.39, 0.29) is 24.0 Å². The average Bonchev–Trinajstić information content (AvgIpc) is 3.45. The Morgan fingerprint density at radius 2 is 2.10 bits per heavy atom. The molecule has 9 heteroatoms. The van der Waals surface area contributed by atoms with Gasteiger partial charge in [0, 0.05) is 51.7 Å². The molecule has 1 aliphatic heterocycles. The first-order valence-corrected chi connectivity index (χ1v) is 12.0. The Bertz CT molecular complexity index is 628. The molecular formula is C20H37IN6OS. The molecule has 2 heterocycles. The Kier molecular flexibility index (Phi) is 11.1. The molecule has 1 saturated heterocycles. The molecule has 0 radical (unpaired) electrons. The van der Waals surface area contributed by atoms with Crippen LogP contribution in [0.15, 0.2) is 10.1 Å². The molecule has 1 atom stereocenters. The van der Waals surface area contributed by atoms with Gasteiger partial charge in [-0.2, -0.15) is 0 Å². The highest BCUT2D eigenvalue weighted by molar-refractivity contribution is 14.0. The Balaban J connectivity index is 0.00000300. The zero-order valence-electron chi connectivity index (χ0n) is 18.1. The van der Waals surface area contributed by atoms with E-state index in [1.54, 1.807) is 11.8 Å². The molecule has 1 aliphatic carbocycles. The largest absolute Gasteiger partial charge is 0.381 e. The number of aliphatic imine (C=N–C) groups is 1. The number of aromatic nitrogens is 3. The minimum atomic E-state index is 0. The fourth-order valence-electron chi connectivity index (χ4n) is 4.24. The molecule has 1 N–H and O–H groups in total. The molecule has 7 nitrogen and oxygen atoms in total. The number of rotatable bonds is 9. The van der Waals surface area contributed by atoms with Gasteiger partial charge in [0.2, 0.25) is 0 Å². The van der Waals surface area contributed by atoms with Gasteiger partial charge in [-0.1, -0.05) is 24.6 Å². The van der Waals surface area contributed by atoms with Crippen molar-refractivity contribution in [2.24, 2.45) is 10.9 Å².